The number of hydrogen-bond donors (Lipinski definition) is 0. The van der Waals surface area contributed by atoms with Gasteiger partial charge in [-0.2, -0.15) is 0 Å². The van der Waals surface area contributed by atoms with Crippen molar-refractivity contribution in [3.63, 3.8) is 0 Å². The first kappa shape index (κ1) is 27.0. The number of nitrogens with zero attached hydrogens (tertiary/aromatic N) is 1. The molecule has 6 nitrogen and oxygen atoms in total. The van der Waals surface area contributed by atoms with Gasteiger partial charge < -0.3 is 23.5 Å². The van der Waals surface area contributed by atoms with E-state index in [9.17, 15) is 4.79 Å². The Balaban J connectivity index is 1.93. The Kier molecular flexibility index (Phi) is 9.60. The van der Waals surface area contributed by atoms with E-state index in [1.165, 1.54) is 0 Å². The zero-order chi connectivity index (χ0) is 25.4. The summed E-state index contributed by atoms with van der Waals surface area (Å²) in [6.45, 7) is 10.3. The van der Waals surface area contributed by atoms with Crippen molar-refractivity contribution in [3.8, 4) is 22.6 Å². The fraction of sp³-hybridized carbons (Fsp3) is 0.370. The van der Waals surface area contributed by atoms with Crippen molar-refractivity contribution in [1.82, 2.24) is 4.57 Å². The molecular formula is C27H34BrNO5Si. The molecule has 0 spiro atoms. The van der Waals surface area contributed by atoms with Gasteiger partial charge in [-0.25, -0.2) is 4.79 Å². The highest BCUT2D eigenvalue weighted by Crippen LogP contribution is 2.39. The standard InChI is InChI=1S/C27H34BrNO5Si/c1-6-33-27(30)26-25(22(28)17-29(26)19-32-14-15-35(3,4)5)21-12-13-23(31-2)24(16-21)34-18-20-10-8-7-9-11-20/h7-13,16-17H,6,14-15,18-19H2,1-5H3. The number of hydrogen-bond acceptors (Lipinski definition) is 5. The van der Waals surface area contributed by atoms with E-state index >= 15 is 0 Å². The summed E-state index contributed by atoms with van der Waals surface area (Å²) in [7, 11) is 0.399. The van der Waals surface area contributed by atoms with Crippen LogP contribution < -0.4 is 9.47 Å². The lowest BCUT2D eigenvalue weighted by Gasteiger charge is -2.16. The number of carbonyl (C=O) groups is 1. The molecule has 0 amide bonds. The molecule has 8 heteroatoms. The Labute approximate surface area is 217 Å². The van der Waals surface area contributed by atoms with E-state index in [1.807, 2.05) is 54.7 Å². The average Bonchev–Trinajstić information content (AvgIpc) is 3.16. The fourth-order valence-corrected chi connectivity index (χ4v) is 4.96. The van der Waals surface area contributed by atoms with Crippen molar-refractivity contribution in [2.45, 2.75) is 45.9 Å². The van der Waals surface area contributed by atoms with Crippen LogP contribution in [0.4, 0.5) is 0 Å². The normalized spacial score (nSPS) is 11.4. The molecule has 0 radical (unpaired) electrons. The van der Waals surface area contributed by atoms with E-state index in [0.29, 0.717) is 30.4 Å². The van der Waals surface area contributed by atoms with E-state index in [1.54, 1.807) is 18.6 Å². The number of aromatic nitrogens is 1. The van der Waals surface area contributed by atoms with Crippen LogP contribution in [-0.2, 0) is 22.8 Å². The van der Waals surface area contributed by atoms with E-state index in [-0.39, 0.29) is 13.3 Å². The molecule has 1 aromatic heterocycles. The third kappa shape index (κ3) is 7.46. The van der Waals surface area contributed by atoms with Gasteiger partial charge >= 0.3 is 5.97 Å². The molecule has 0 bridgehead atoms. The number of halogens is 1. The Morgan fingerprint density at radius 1 is 1.06 bits per heavy atom. The molecule has 0 fully saturated rings. The first-order valence-corrected chi connectivity index (χ1v) is 16.2. The first-order chi connectivity index (χ1) is 16.7. The first-order valence-electron chi connectivity index (χ1n) is 11.7. The van der Waals surface area contributed by atoms with E-state index in [4.69, 9.17) is 18.9 Å². The van der Waals surface area contributed by atoms with Crippen LogP contribution in [0.3, 0.4) is 0 Å². The van der Waals surface area contributed by atoms with Crippen LogP contribution in [0.2, 0.25) is 25.7 Å². The third-order valence-electron chi connectivity index (χ3n) is 5.42. The number of ether oxygens (including phenoxy) is 4. The fourth-order valence-electron chi connectivity index (χ4n) is 3.54. The van der Waals surface area contributed by atoms with Gasteiger partial charge in [-0.3, -0.25) is 0 Å². The highest BCUT2D eigenvalue weighted by Gasteiger charge is 2.24. The lowest BCUT2D eigenvalue weighted by Crippen LogP contribution is -2.22. The van der Waals surface area contributed by atoms with Crippen molar-refractivity contribution in [2.24, 2.45) is 0 Å². The molecule has 1 heterocycles. The zero-order valence-electron chi connectivity index (χ0n) is 21.1. The topological polar surface area (TPSA) is 58.9 Å². The van der Waals surface area contributed by atoms with Crippen LogP contribution in [0.15, 0.2) is 59.2 Å². The van der Waals surface area contributed by atoms with E-state index < -0.39 is 14.0 Å². The lowest BCUT2D eigenvalue weighted by atomic mass is 10.1. The summed E-state index contributed by atoms with van der Waals surface area (Å²) in [5, 5.41) is 0. The van der Waals surface area contributed by atoms with Gasteiger partial charge in [-0.1, -0.05) is 56.0 Å². The smallest absolute Gasteiger partial charge is 0.355 e. The predicted molar refractivity (Wildman–Crippen MR) is 145 cm³/mol. The molecule has 0 atom stereocenters. The van der Waals surface area contributed by atoms with Crippen molar-refractivity contribution in [1.29, 1.82) is 0 Å². The second-order valence-electron chi connectivity index (χ2n) is 9.38. The van der Waals surface area contributed by atoms with Gasteiger partial charge in [0.1, 0.15) is 19.0 Å². The summed E-state index contributed by atoms with van der Waals surface area (Å²) in [5.74, 6) is 0.812. The molecule has 0 unspecified atom stereocenters. The summed E-state index contributed by atoms with van der Waals surface area (Å²) >= 11 is 3.65. The minimum Gasteiger partial charge on any atom is -0.493 e. The Bertz CT molecular complexity index is 1120. The van der Waals surface area contributed by atoms with Gasteiger partial charge in [0.15, 0.2) is 11.5 Å². The molecule has 3 aromatic rings. The molecule has 0 saturated heterocycles. The molecule has 35 heavy (non-hydrogen) atoms. The SMILES string of the molecule is CCOC(=O)c1c(-c2ccc(OC)c(OCc3ccccc3)c2)c(Br)cn1COCC[Si](C)(C)C. The van der Waals surface area contributed by atoms with Gasteiger partial charge in [0.2, 0.25) is 0 Å². The van der Waals surface area contributed by atoms with Crippen molar-refractivity contribution in [2.75, 3.05) is 20.3 Å². The zero-order valence-corrected chi connectivity index (χ0v) is 23.7. The quantitative estimate of drug-likeness (QED) is 0.136. The lowest BCUT2D eigenvalue weighted by molar-refractivity contribution is 0.0474. The highest BCUT2D eigenvalue weighted by atomic mass is 79.9. The van der Waals surface area contributed by atoms with Crippen molar-refractivity contribution < 1.29 is 23.7 Å². The van der Waals surface area contributed by atoms with Crippen LogP contribution in [0.25, 0.3) is 11.1 Å². The van der Waals surface area contributed by atoms with Gasteiger partial charge in [-0.15, -0.1) is 0 Å². The maximum Gasteiger partial charge on any atom is 0.355 e. The van der Waals surface area contributed by atoms with Crippen molar-refractivity contribution >= 4 is 30.0 Å². The van der Waals surface area contributed by atoms with E-state index in [0.717, 1.165) is 27.2 Å². The average molecular weight is 561 g/mol. The van der Waals surface area contributed by atoms with Gasteiger partial charge in [0.25, 0.3) is 0 Å². The minimum absolute atomic E-state index is 0.269. The summed E-state index contributed by atoms with van der Waals surface area (Å²) in [6, 6.07) is 16.6. The molecule has 188 valence electrons. The number of esters is 1. The maximum atomic E-state index is 13.0. The number of carbonyl (C=O) groups excluding carboxylic acids is 1. The van der Waals surface area contributed by atoms with Crippen LogP contribution in [-0.4, -0.2) is 38.9 Å². The van der Waals surface area contributed by atoms with Crippen LogP contribution in [0, 0.1) is 0 Å². The van der Waals surface area contributed by atoms with Crippen LogP contribution in [0.5, 0.6) is 11.5 Å². The second-order valence-corrected chi connectivity index (χ2v) is 15.9. The Hall–Kier alpha value is -2.55. The van der Waals surface area contributed by atoms with Crippen LogP contribution >= 0.6 is 15.9 Å². The highest BCUT2D eigenvalue weighted by molar-refractivity contribution is 9.10. The molecule has 2 aromatic carbocycles. The molecule has 0 aliphatic carbocycles. The summed E-state index contributed by atoms with van der Waals surface area (Å²) in [4.78, 5) is 13.0. The number of methoxy groups -OCH3 is 1. The molecule has 3 rings (SSSR count). The second kappa shape index (κ2) is 12.4. The molecule has 0 saturated carbocycles. The third-order valence-corrected chi connectivity index (χ3v) is 7.72. The summed E-state index contributed by atoms with van der Waals surface area (Å²) in [6.07, 6.45) is 1.87. The number of rotatable bonds is 12. The monoisotopic (exact) mass is 559 g/mol. The maximum absolute atomic E-state index is 13.0. The summed E-state index contributed by atoms with van der Waals surface area (Å²) < 4.78 is 25.5. The predicted octanol–water partition coefficient (Wildman–Crippen LogP) is 6.99. The Morgan fingerprint density at radius 2 is 1.80 bits per heavy atom. The molecule has 0 aliphatic heterocycles. The molecular weight excluding hydrogens is 526 g/mol. The number of benzene rings is 2. The van der Waals surface area contributed by atoms with Gasteiger partial charge in [0.05, 0.1) is 13.7 Å². The molecule has 0 N–H and O–H groups in total. The molecule has 0 aliphatic rings. The largest absolute Gasteiger partial charge is 0.493 e. The minimum atomic E-state index is -1.21. The van der Waals surface area contributed by atoms with Gasteiger partial charge in [-0.05, 0) is 52.2 Å². The Morgan fingerprint density at radius 3 is 2.46 bits per heavy atom. The van der Waals surface area contributed by atoms with Crippen molar-refractivity contribution in [3.05, 3.63) is 70.5 Å². The van der Waals surface area contributed by atoms with Crippen LogP contribution in [0.1, 0.15) is 23.0 Å². The van der Waals surface area contributed by atoms with Gasteiger partial charge in [0, 0.05) is 30.9 Å². The summed E-state index contributed by atoms with van der Waals surface area (Å²) in [5.41, 5.74) is 3.02. The van der Waals surface area contributed by atoms with E-state index in [2.05, 4.69) is 35.6 Å².